The monoisotopic (exact) mass is 568 g/mol. The standard InChI is InChI=1S/C35H40N2O5/c1-24-7-5-6-8-27(24)23-42-29-15-11-26(12-16-29)32(38)30-31(25-9-13-28(14-10-25)35(2,3)4)37(34(40)33(30)39)18-17-36-19-21-41-22-20-36/h5-16,31,38H,17-23H2,1-4H3/b32-30+. The van der Waals surface area contributed by atoms with Crippen LogP contribution in [0.3, 0.4) is 0 Å². The Balaban J connectivity index is 1.44. The fourth-order valence-electron chi connectivity index (χ4n) is 5.49. The van der Waals surface area contributed by atoms with Crippen LogP contribution in [-0.4, -0.2) is 66.0 Å². The van der Waals surface area contributed by atoms with Crippen LogP contribution in [0.1, 0.15) is 54.6 Å². The van der Waals surface area contributed by atoms with Gasteiger partial charge >= 0.3 is 0 Å². The minimum absolute atomic E-state index is 0.0420. The van der Waals surface area contributed by atoms with Crippen molar-refractivity contribution in [2.75, 3.05) is 39.4 Å². The smallest absolute Gasteiger partial charge is 0.295 e. The van der Waals surface area contributed by atoms with Crippen molar-refractivity contribution in [2.45, 2.75) is 45.8 Å². The molecule has 2 aliphatic heterocycles. The average molecular weight is 569 g/mol. The maximum Gasteiger partial charge on any atom is 0.295 e. The lowest BCUT2D eigenvalue weighted by molar-refractivity contribution is -0.140. The highest BCUT2D eigenvalue weighted by molar-refractivity contribution is 6.46. The first-order valence-corrected chi connectivity index (χ1v) is 14.6. The number of carbonyl (C=O) groups excluding carboxylic acids is 2. The minimum atomic E-state index is -0.683. The third kappa shape index (κ3) is 6.42. The molecule has 0 spiro atoms. The number of morpholine rings is 1. The molecule has 1 amide bonds. The van der Waals surface area contributed by atoms with Gasteiger partial charge in [0.15, 0.2) is 0 Å². The van der Waals surface area contributed by atoms with Crippen molar-refractivity contribution in [1.82, 2.24) is 9.80 Å². The first kappa shape index (κ1) is 29.5. The van der Waals surface area contributed by atoms with Crippen molar-refractivity contribution in [1.29, 1.82) is 0 Å². The van der Waals surface area contributed by atoms with Crippen LogP contribution in [0.2, 0.25) is 0 Å². The molecule has 2 fully saturated rings. The van der Waals surface area contributed by atoms with E-state index in [-0.39, 0.29) is 16.7 Å². The Kier molecular flexibility index (Phi) is 8.80. The molecule has 220 valence electrons. The topological polar surface area (TPSA) is 79.3 Å². The molecule has 2 aliphatic rings. The summed E-state index contributed by atoms with van der Waals surface area (Å²) in [5, 5.41) is 11.5. The van der Waals surface area contributed by atoms with Gasteiger partial charge in [-0.1, -0.05) is 69.3 Å². The predicted octanol–water partition coefficient (Wildman–Crippen LogP) is 5.63. The summed E-state index contributed by atoms with van der Waals surface area (Å²) >= 11 is 0. The van der Waals surface area contributed by atoms with E-state index in [1.807, 2.05) is 55.5 Å². The Morgan fingerprint density at radius 1 is 0.929 bits per heavy atom. The second-order valence-corrected chi connectivity index (χ2v) is 12.1. The van der Waals surface area contributed by atoms with E-state index >= 15 is 0 Å². The van der Waals surface area contributed by atoms with Gasteiger partial charge in [0.2, 0.25) is 0 Å². The largest absolute Gasteiger partial charge is 0.507 e. The van der Waals surface area contributed by atoms with Gasteiger partial charge in [0, 0.05) is 31.7 Å². The number of amides is 1. The zero-order chi connectivity index (χ0) is 29.9. The molecule has 0 saturated carbocycles. The van der Waals surface area contributed by atoms with E-state index in [1.54, 1.807) is 29.2 Å². The van der Waals surface area contributed by atoms with Crippen molar-refractivity contribution in [3.05, 3.63) is 106 Å². The van der Waals surface area contributed by atoms with E-state index in [0.717, 1.165) is 35.3 Å². The highest BCUT2D eigenvalue weighted by Gasteiger charge is 2.46. The quantitative estimate of drug-likeness (QED) is 0.216. The fraction of sp³-hybridized carbons (Fsp3) is 0.371. The number of aryl methyl sites for hydroxylation is 1. The van der Waals surface area contributed by atoms with Crippen molar-refractivity contribution in [3.8, 4) is 5.75 Å². The molecule has 5 rings (SSSR count). The number of aliphatic hydroxyl groups excluding tert-OH is 1. The van der Waals surface area contributed by atoms with E-state index < -0.39 is 17.7 Å². The summed E-state index contributed by atoms with van der Waals surface area (Å²) in [6.07, 6.45) is 0. The average Bonchev–Trinajstić information content (AvgIpc) is 3.24. The van der Waals surface area contributed by atoms with Gasteiger partial charge in [0.25, 0.3) is 11.7 Å². The summed E-state index contributed by atoms with van der Waals surface area (Å²) in [7, 11) is 0. The van der Waals surface area contributed by atoms with Crippen LogP contribution < -0.4 is 4.74 Å². The van der Waals surface area contributed by atoms with E-state index in [9.17, 15) is 14.7 Å². The van der Waals surface area contributed by atoms with Crippen molar-refractivity contribution in [2.24, 2.45) is 0 Å². The van der Waals surface area contributed by atoms with Crippen molar-refractivity contribution in [3.63, 3.8) is 0 Å². The maximum absolute atomic E-state index is 13.5. The second-order valence-electron chi connectivity index (χ2n) is 12.1. The number of ketones is 1. The third-order valence-electron chi connectivity index (χ3n) is 8.18. The Bertz CT molecular complexity index is 1450. The molecule has 42 heavy (non-hydrogen) atoms. The molecule has 0 aromatic heterocycles. The third-order valence-corrected chi connectivity index (χ3v) is 8.18. The zero-order valence-corrected chi connectivity index (χ0v) is 24.9. The van der Waals surface area contributed by atoms with Crippen LogP contribution in [0.25, 0.3) is 5.76 Å². The lowest BCUT2D eigenvalue weighted by Crippen LogP contribution is -2.42. The van der Waals surface area contributed by atoms with Crippen LogP contribution in [0, 0.1) is 6.92 Å². The molecule has 2 saturated heterocycles. The summed E-state index contributed by atoms with van der Waals surface area (Å²) in [6, 6.07) is 22.4. The number of rotatable bonds is 8. The Morgan fingerprint density at radius 3 is 2.24 bits per heavy atom. The van der Waals surface area contributed by atoms with Gasteiger partial charge in [-0.2, -0.15) is 0 Å². The lowest BCUT2D eigenvalue weighted by atomic mass is 9.85. The number of ether oxygens (including phenoxy) is 2. The number of aliphatic hydroxyl groups is 1. The Morgan fingerprint density at radius 2 is 1.60 bits per heavy atom. The number of nitrogens with zero attached hydrogens (tertiary/aromatic N) is 2. The number of hydrogen-bond acceptors (Lipinski definition) is 6. The van der Waals surface area contributed by atoms with Crippen LogP contribution >= 0.6 is 0 Å². The summed E-state index contributed by atoms with van der Waals surface area (Å²) in [5.74, 6) is -0.792. The molecule has 1 unspecified atom stereocenters. The first-order valence-electron chi connectivity index (χ1n) is 14.6. The van der Waals surface area contributed by atoms with Crippen molar-refractivity contribution < 1.29 is 24.2 Å². The van der Waals surface area contributed by atoms with Gasteiger partial charge in [0.05, 0.1) is 24.8 Å². The van der Waals surface area contributed by atoms with E-state index in [1.165, 1.54) is 0 Å². The summed E-state index contributed by atoms with van der Waals surface area (Å²) in [6.45, 7) is 12.8. The summed E-state index contributed by atoms with van der Waals surface area (Å²) in [4.78, 5) is 30.7. The molecular weight excluding hydrogens is 528 g/mol. The lowest BCUT2D eigenvalue weighted by Gasteiger charge is -2.31. The number of benzene rings is 3. The van der Waals surface area contributed by atoms with Gasteiger partial charge in [-0.15, -0.1) is 0 Å². The van der Waals surface area contributed by atoms with E-state index in [0.29, 0.717) is 44.2 Å². The zero-order valence-electron chi connectivity index (χ0n) is 24.9. The summed E-state index contributed by atoms with van der Waals surface area (Å²) in [5.41, 5.74) is 4.72. The number of carbonyl (C=O) groups is 2. The van der Waals surface area contributed by atoms with Gasteiger partial charge < -0.3 is 19.5 Å². The molecule has 7 nitrogen and oxygen atoms in total. The molecule has 7 heteroatoms. The molecule has 1 N–H and O–H groups in total. The first-order chi connectivity index (χ1) is 20.1. The minimum Gasteiger partial charge on any atom is -0.507 e. The SMILES string of the molecule is Cc1ccccc1COc1ccc(/C(O)=C2\C(=O)C(=O)N(CCN3CCOCC3)C2c2ccc(C(C)(C)C)cc2)cc1. The van der Waals surface area contributed by atoms with Crippen LogP contribution in [0.5, 0.6) is 5.75 Å². The maximum atomic E-state index is 13.5. The molecule has 3 aromatic carbocycles. The van der Waals surface area contributed by atoms with Crippen molar-refractivity contribution >= 4 is 17.4 Å². The highest BCUT2D eigenvalue weighted by atomic mass is 16.5. The molecule has 0 radical (unpaired) electrons. The Hall–Kier alpha value is -3.94. The fourth-order valence-corrected chi connectivity index (χ4v) is 5.49. The van der Waals surface area contributed by atoms with E-state index in [2.05, 4.69) is 25.7 Å². The van der Waals surface area contributed by atoms with Crippen LogP contribution in [-0.2, 0) is 26.3 Å². The molecule has 0 aliphatic carbocycles. The summed E-state index contributed by atoms with van der Waals surface area (Å²) < 4.78 is 11.4. The highest BCUT2D eigenvalue weighted by Crippen LogP contribution is 2.40. The van der Waals surface area contributed by atoms with Crippen LogP contribution in [0.4, 0.5) is 0 Å². The Labute approximate surface area is 248 Å². The molecule has 2 heterocycles. The van der Waals surface area contributed by atoms with Gasteiger partial charge in [-0.05, 0) is 58.9 Å². The normalized spacial score (nSPS) is 19.3. The predicted molar refractivity (Wildman–Crippen MR) is 163 cm³/mol. The van der Waals surface area contributed by atoms with Gasteiger partial charge in [0.1, 0.15) is 18.1 Å². The number of Topliss-reactive ketones (excluding diaryl/α,β-unsaturated/α-hetero) is 1. The number of likely N-dealkylation sites (tertiary alicyclic amines) is 1. The molecule has 0 bridgehead atoms. The molecule has 1 atom stereocenters. The number of hydrogen-bond donors (Lipinski definition) is 1. The second kappa shape index (κ2) is 12.5. The van der Waals surface area contributed by atoms with Crippen LogP contribution in [0.15, 0.2) is 78.4 Å². The van der Waals surface area contributed by atoms with Gasteiger partial charge in [-0.25, -0.2) is 0 Å². The molecule has 3 aromatic rings. The molecular formula is C35H40N2O5. The van der Waals surface area contributed by atoms with Gasteiger partial charge in [-0.3, -0.25) is 14.5 Å². The van der Waals surface area contributed by atoms with E-state index in [4.69, 9.17) is 9.47 Å².